The molecule has 0 aliphatic carbocycles. The average molecular weight is 289 g/mol. The number of carboxylic acids is 1. The Labute approximate surface area is 121 Å². The summed E-state index contributed by atoms with van der Waals surface area (Å²) < 4.78 is 10.5. The van der Waals surface area contributed by atoms with Gasteiger partial charge in [0.15, 0.2) is 11.5 Å². The predicted molar refractivity (Wildman–Crippen MR) is 76.0 cm³/mol. The molecular weight excluding hydrogens is 274 g/mol. The second kappa shape index (κ2) is 6.60. The Morgan fingerprint density at radius 2 is 2.05 bits per heavy atom. The lowest BCUT2D eigenvalue weighted by Crippen LogP contribution is -2.37. The first-order chi connectivity index (χ1) is 10.1. The van der Waals surface area contributed by atoms with Crippen LogP contribution in [0.25, 0.3) is 6.08 Å². The van der Waals surface area contributed by atoms with Gasteiger partial charge in [0.25, 0.3) is 0 Å². The maximum absolute atomic E-state index is 11.4. The Hall–Kier alpha value is -2.76. The summed E-state index contributed by atoms with van der Waals surface area (Å²) in [5.74, 6) is -0.133. The van der Waals surface area contributed by atoms with Gasteiger partial charge in [0, 0.05) is 6.08 Å². The average Bonchev–Trinajstić information content (AvgIpc) is 2.90. The second-order valence-corrected chi connectivity index (χ2v) is 4.40. The molecule has 2 N–H and O–H groups in total. The van der Waals surface area contributed by atoms with E-state index in [9.17, 15) is 9.59 Å². The van der Waals surface area contributed by atoms with Crippen molar-refractivity contribution in [2.75, 3.05) is 6.79 Å². The quantitative estimate of drug-likeness (QED) is 0.635. The van der Waals surface area contributed by atoms with Gasteiger partial charge >= 0.3 is 5.97 Å². The van der Waals surface area contributed by atoms with Crippen LogP contribution in [0, 0.1) is 0 Å². The minimum Gasteiger partial charge on any atom is -0.480 e. The normalized spacial score (nSPS) is 14.5. The van der Waals surface area contributed by atoms with Crippen molar-refractivity contribution in [3.8, 4) is 11.5 Å². The predicted octanol–water partition coefficient (Wildman–Crippen LogP) is 1.57. The number of rotatable bonds is 5. The van der Waals surface area contributed by atoms with Crippen LogP contribution in [-0.2, 0) is 9.59 Å². The van der Waals surface area contributed by atoms with Crippen LogP contribution in [0.15, 0.2) is 36.4 Å². The van der Waals surface area contributed by atoms with Gasteiger partial charge in [0.2, 0.25) is 12.7 Å². The number of ether oxygens (including phenoxy) is 2. The van der Waals surface area contributed by atoms with Crippen molar-refractivity contribution < 1.29 is 24.2 Å². The molecular formula is C15H15NO5. The van der Waals surface area contributed by atoms with Crippen molar-refractivity contribution in [2.45, 2.75) is 13.0 Å². The van der Waals surface area contributed by atoms with E-state index in [1.807, 2.05) is 18.2 Å². The van der Waals surface area contributed by atoms with Crippen molar-refractivity contribution in [1.29, 1.82) is 0 Å². The van der Waals surface area contributed by atoms with Crippen LogP contribution in [0.1, 0.15) is 12.5 Å². The zero-order chi connectivity index (χ0) is 15.2. The molecule has 6 heteroatoms. The molecule has 1 aromatic carbocycles. The Kier molecular flexibility index (Phi) is 4.61. The summed E-state index contributed by atoms with van der Waals surface area (Å²) in [4.78, 5) is 22.0. The largest absolute Gasteiger partial charge is 0.480 e. The van der Waals surface area contributed by atoms with Gasteiger partial charge in [0.05, 0.1) is 0 Å². The summed E-state index contributed by atoms with van der Waals surface area (Å²) in [5, 5.41) is 11.0. The monoisotopic (exact) mass is 289 g/mol. The molecule has 6 nitrogen and oxygen atoms in total. The third-order valence-corrected chi connectivity index (χ3v) is 2.77. The number of nitrogens with one attached hydrogen (secondary N) is 1. The third-order valence-electron chi connectivity index (χ3n) is 2.77. The van der Waals surface area contributed by atoms with Crippen molar-refractivity contribution in [1.82, 2.24) is 5.32 Å². The fourth-order valence-corrected chi connectivity index (χ4v) is 1.65. The van der Waals surface area contributed by atoms with Crippen molar-refractivity contribution in [3.63, 3.8) is 0 Å². The molecule has 0 fully saturated rings. The van der Waals surface area contributed by atoms with E-state index in [0.29, 0.717) is 11.5 Å². The molecule has 1 heterocycles. The van der Waals surface area contributed by atoms with Gasteiger partial charge < -0.3 is 19.9 Å². The molecule has 110 valence electrons. The van der Waals surface area contributed by atoms with E-state index >= 15 is 0 Å². The van der Waals surface area contributed by atoms with E-state index in [2.05, 4.69) is 5.32 Å². The number of benzene rings is 1. The summed E-state index contributed by atoms with van der Waals surface area (Å²) in [7, 11) is 0. The molecule has 0 bridgehead atoms. The number of hydrogen-bond donors (Lipinski definition) is 2. The van der Waals surface area contributed by atoms with E-state index in [1.165, 1.54) is 19.1 Å². The number of carbonyl (C=O) groups excluding carboxylic acids is 1. The number of hydrogen-bond acceptors (Lipinski definition) is 4. The molecule has 1 atom stereocenters. The Bertz CT molecular complexity index is 606. The van der Waals surface area contributed by atoms with Crippen LogP contribution in [0.3, 0.4) is 0 Å². The maximum Gasteiger partial charge on any atom is 0.325 e. The Morgan fingerprint density at radius 1 is 1.29 bits per heavy atom. The molecule has 1 aliphatic heterocycles. The number of carbonyl (C=O) groups is 2. The highest BCUT2D eigenvalue weighted by Gasteiger charge is 2.12. The lowest BCUT2D eigenvalue weighted by atomic mass is 10.2. The summed E-state index contributed by atoms with van der Waals surface area (Å²) >= 11 is 0. The first kappa shape index (κ1) is 14.6. The maximum atomic E-state index is 11.4. The van der Waals surface area contributed by atoms with Crippen LogP contribution in [0.5, 0.6) is 11.5 Å². The fraction of sp³-hybridized carbons (Fsp3) is 0.200. The Morgan fingerprint density at radius 3 is 2.81 bits per heavy atom. The molecule has 21 heavy (non-hydrogen) atoms. The van der Waals surface area contributed by atoms with Gasteiger partial charge in [-0.15, -0.1) is 0 Å². The highest BCUT2D eigenvalue weighted by Crippen LogP contribution is 2.32. The number of carboxylic acid groups (broad SMARTS) is 1. The molecule has 0 spiro atoms. The number of fused-ring (bicyclic) bond motifs is 1. The Balaban J connectivity index is 1.88. The smallest absolute Gasteiger partial charge is 0.325 e. The highest BCUT2D eigenvalue weighted by atomic mass is 16.7. The van der Waals surface area contributed by atoms with Crippen molar-refractivity contribution >= 4 is 18.0 Å². The topological polar surface area (TPSA) is 84.9 Å². The molecule has 1 aromatic rings. The van der Waals surface area contributed by atoms with E-state index < -0.39 is 17.9 Å². The van der Waals surface area contributed by atoms with Gasteiger partial charge in [-0.25, -0.2) is 0 Å². The van der Waals surface area contributed by atoms with Crippen molar-refractivity contribution in [3.05, 3.63) is 42.0 Å². The molecule has 0 unspecified atom stereocenters. The number of aliphatic carboxylic acids is 1. The molecule has 0 radical (unpaired) electrons. The first-order valence-electron chi connectivity index (χ1n) is 6.34. The summed E-state index contributed by atoms with van der Waals surface area (Å²) in [5.41, 5.74) is 0.906. The standard InChI is InChI=1S/C15H15NO5/c1-10(15(18)19)16-14(17)5-3-2-4-11-6-7-12-13(8-11)21-9-20-12/h2-8,10H,9H2,1H3,(H,16,17)(H,18,19)/b4-2+,5-3+/t10-/m0/s1. The van der Waals surface area contributed by atoms with E-state index in [-0.39, 0.29) is 6.79 Å². The molecule has 0 saturated heterocycles. The van der Waals surface area contributed by atoms with Crippen LogP contribution in [-0.4, -0.2) is 29.8 Å². The molecule has 1 aliphatic rings. The molecule has 0 saturated carbocycles. The van der Waals surface area contributed by atoms with E-state index in [0.717, 1.165) is 5.56 Å². The minimum atomic E-state index is -1.08. The summed E-state index contributed by atoms with van der Waals surface area (Å²) in [6.07, 6.45) is 6.28. The van der Waals surface area contributed by atoms with Gasteiger partial charge in [0.1, 0.15) is 6.04 Å². The zero-order valence-electron chi connectivity index (χ0n) is 11.4. The SMILES string of the molecule is C[C@H](NC(=O)/C=C/C=C/c1ccc2c(c1)OCO2)C(=O)O. The molecule has 0 aromatic heterocycles. The zero-order valence-corrected chi connectivity index (χ0v) is 11.4. The van der Waals surface area contributed by atoms with Gasteiger partial charge in [-0.2, -0.15) is 0 Å². The lowest BCUT2D eigenvalue weighted by Gasteiger charge is -2.05. The van der Waals surface area contributed by atoms with Gasteiger partial charge in [-0.3, -0.25) is 9.59 Å². The number of allylic oxidation sites excluding steroid dienone is 2. The third kappa shape index (κ3) is 4.10. The second-order valence-electron chi connectivity index (χ2n) is 4.40. The van der Waals surface area contributed by atoms with Gasteiger partial charge in [-0.1, -0.05) is 24.3 Å². The fourth-order valence-electron chi connectivity index (χ4n) is 1.65. The lowest BCUT2D eigenvalue weighted by molar-refractivity contribution is -0.140. The van der Waals surface area contributed by atoms with Gasteiger partial charge in [-0.05, 0) is 24.6 Å². The summed E-state index contributed by atoms with van der Waals surface area (Å²) in [6.45, 7) is 1.63. The molecule has 2 rings (SSSR count). The first-order valence-corrected chi connectivity index (χ1v) is 6.34. The highest BCUT2D eigenvalue weighted by molar-refractivity contribution is 5.91. The van der Waals surface area contributed by atoms with E-state index in [1.54, 1.807) is 12.2 Å². The minimum absolute atomic E-state index is 0.227. The van der Waals surface area contributed by atoms with Crippen LogP contribution in [0.2, 0.25) is 0 Å². The molecule has 1 amide bonds. The number of amides is 1. The van der Waals surface area contributed by atoms with Crippen LogP contribution < -0.4 is 14.8 Å². The van der Waals surface area contributed by atoms with Crippen molar-refractivity contribution in [2.24, 2.45) is 0 Å². The van der Waals surface area contributed by atoms with Crippen LogP contribution in [0.4, 0.5) is 0 Å². The summed E-state index contributed by atoms with van der Waals surface area (Å²) in [6, 6.07) is 4.59. The van der Waals surface area contributed by atoms with E-state index in [4.69, 9.17) is 14.6 Å². The van der Waals surface area contributed by atoms with Crippen LogP contribution >= 0.6 is 0 Å².